The second-order valence-corrected chi connectivity index (χ2v) is 19.7. The summed E-state index contributed by atoms with van der Waals surface area (Å²) in [5, 5.41) is 9.51. The van der Waals surface area contributed by atoms with Crippen LogP contribution in [-0.4, -0.2) is 0 Å². The number of furan rings is 2. The maximum absolute atomic E-state index is 6.99. The van der Waals surface area contributed by atoms with E-state index in [9.17, 15) is 0 Å². The van der Waals surface area contributed by atoms with Crippen molar-refractivity contribution in [2.24, 2.45) is 0 Å². The van der Waals surface area contributed by atoms with E-state index in [0.717, 1.165) is 38.7 Å². The predicted molar refractivity (Wildman–Crippen MR) is 281 cm³/mol. The average Bonchev–Trinajstić information content (AvgIpc) is 4.16. The highest BCUT2D eigenvalue weighted by Gasteiger charge is 2.52. The second kappa shape index (κ2) is 12.7. The SMILES string of the molecule is CC1(C)c2ccccc2-c2c1ccc1oc3ccc(-c4c5ccccc5c(-c5ccc6c(c5)oc5ccc7c(c56)-c5ccccc5C75c6ccccc6-c6ccccc65)c5ccccc45)cc3c21. The van der Waals surface area contributed by atoms with Crippen LogP contribution in [0.1, 0.15) is 47.2 Å². The van der Waals surface area contributed by atoms with Gasteiger partial charge in [-0.2, -0.15) is 0 Å². The van der Waals surface area contributed by atoms with E-state index in [4.69, 9.17) is 8.83 Å². The molecule has 68 heavy (non-hydrogen) atoms. The third kappa shape index (κ3) is 4.35. The van der Waals surface area contributed by atoms with Gasteiger partial charge in [0.15, 0.2) is 0 Å². The van der Waals surface area contributed by atoms with Gasteiger partial charge in [0.05, 0.1) is 5.41 Å². The lowest BCUT2D eigenvalue weighted by molar-refractivity contribution is 0.656. The van der Waals surface area contributed by atoms with Crippen molar-refractivity contribution in [2.75, 3.05) is 0 Å². The fourth-order valence-electron chi connectivity index (χ4n) is 13.6. The quantitative estimate of drug-likeness (QED) is 0.162. The van der Waals surface area contributed by atoms with Crippen LogP contribution in [0.5, 0.6) is 0 Å². The fourth-order valence-corrected chi connectivity index (χ4v) is 13.6. The Labute approximate surface area is 392 Å². The molecule has 0 unspecified atom stereocenters. The van der Waals surface area contributed by atoms with Gasteiger partial charge >= 0.3 is 0 Å². The van der Waals surface area contributed by atoms with Gasteiger partial charge in [0, 0.05) is 27.0 Å². The van der Waals surface area contributed by atoms with Gasteiger partial charge in [0.25, 0.3) is 0 Å². The largest absolute Gasteiger partial charge is 0.456 e. The lowest BCUT2D eigenvalue weighted by Gasteiger charge is -2.30. The van der Waals surface area contributed by atoms with Gasteiger partial charge in [-0.15, -0.1) is 0 Å². The van der Waals surface area contributed by atoms with E-state index in [-0.39, 0.29) is 5.41 Å². The average molecular weight is 865 g/mol. The summed E-state index contributed by atoms with van der Waals surface area (Å²) in [6, 6.07) is 76.6. The van der Waals surface area contributed by atoms with Crippen molar-refractivity contribution in [3.8, 4) is 55.6 Å². The van der Waals surface area contributed by atoms with Gasteiger partial charge in [0.1, 0.15) is 22.3 Å². The number of fused-ring (bicyclic) bond motifs is 23. The van der Waals surface area contributed by atoms with Crippen LogP contribution in [0.4, 0.5) is 0 Å². The van der Waals surface area contributed by atoms with E-state index in [1.54, 1.807) is 0 Å². The van der Waals surface area contributed by atoms with Crippen LogP contribution in [-0.2, 0) is 10.8 Å². The highest BCUT2D eigenvalue weighted by Crippen LogP contribution is 2.64. The summed E-state index contributed by atoms with van der Waals surface area (Å²) >= 11 is 0. The third-order valence-corrected chi connectivity index (χ3v) is 16.3. The molecule has 2 aromatic heterocycles. The smallest absolute Gasteiger partial charge is 0.136 e. The first kappa shape index (κ1) is 36.7. The molecule has 13 aromatic rings. The third-order valence-electron chi connectivity index (χ3n) is 16.3. The van der Waals surface area contributed by atoms with E-state index < -0.39 is 5.41 Å². The van der Waals surface area contributed by atoms with Gasteiger partial charge in [-0.05, 0) is 147 Å². The normalized spacial score (nSPS) is 14.6. The van der Waals surface area contributed by atoms with Crippen molar-refractivity contribution in [1.29, 1.82) is 0 Å². The molecule has 3 aliphatic carbocycles. The minimum absolute atomic E-state index is 0.0987. The Kier molecular flexibility index (Phi) is 6.86. The molecule has 16 rings (SSSR count). The summed E-state index contributed by atoms with van der Waals surface area (Å²) in [7, 11) is 0. The first-order valence-electron chi connectivity index (χ1n) is 23.8. The van der Waals surface area contributed by atoms with E-state index in [1.165, 1.54) is 116 Å². The van der Waals surface area contributed by atoms with Crippen LogP contribution < -0.4 is 0 Å². The summed E-state index contributed by atoms with van der Waals surface area (Å²) in [5.41, 5.74) is 23.7. The Morgan fingerprint density at radius 2 is 0.706 bits per heavy atom. The highest BCUT2D eigenvalue weighted by atomic mass is 16.3. The van der Waals surface area contributed by atoms with E-state index >= 15 is 0 Å². The molecule has 11 aromatic carbocycles. The molecule has 316 valence electrons. The molecular weight excluding hydrogens is 825 g/mol. The van der Waals surface area contributed by atoms with Gasteiger partial charge in [0.2, 0.25) is 0 Å². The molecule has 3 aliphatic rings. The standard InChI is InChI=1S/C66H40O2/c1-65(2)49-23-11-9-21-45(49)61-53(65)30-33-57-64(61)48-35-37(28-32-55(48)67-57)59-41-17-3-5-19-43(41)60(44-20-6-4-18-42(44)59)38-27-29-47-58(36-38)68-56-34-31-54-62(63(47)56)46-22-10-14-26-52(46)66(54)50-24-12-7-15-39(50)40-16-8-13-25-51(40)66/h3-36H,1-2H3. The van der Waals surface area contributed by atoms with Crippen molar-refractivity contribution in [2.45, 2.75) is 24.7 Å². The maximum atomic E-state index is 6.99. The first-order chi connectivity index (χ1) is 33.5. The van der Waals surface area contributed by atoms with Crippen LogP contribution in [0.25, 0.3) is 121 Å². The molecule has 1 spiro atoms. The van der Waals surface area contributed by atoms with Crippen LogP contribution in [0.2, 0.25) is 0 Å². The summed E-state index contributed by atoms with van der Waals surface area (Å²) in [6.45, 7) is 4.69. The molecule has 0 fully saturated rings. The molecule has 0 aliphatic heterocycles. The maximum Gasteiger partial charge on any atom is 0.136 e. The van der Waals surface area contributed by atoms with E-state index in [0.29, 0.717) is 0 Å². The van der Waals surface area contributed by atoms with E-state index in [2.05, 4.69) is 220 Å². The number of hydrogen-bond acceptors (Lipinski definition) is 2. The van der Waals surface area contributed by atoms with Crippen molar-refractivity contribution >= 4 is 65.4 Å². The van der Waals surface area contributed by atoms with Gasteiger partial charge in [-0.1, -0.05) is 184 Å². The summed E-state index contributed by atoms with van der Waals surface area (Å²) < 4.78 is 13.6. The van der Waals surface area contributed by atoms with E-state index in [1.807, 2.05) is 0 Å². The molecule has 2 nitrogen and oxygen atoms in total. The fraction of sp³-hybridized carbons (Fsp3) is 0.0606. The molecule has 0 atom stereocenters. The molecule has 0 N–H and O–H groups in total. The topological polar surface area (TPSA) is 26.3 Å². The number of rotatable bonds is 2. The predicted octanol–water partition coefficient (Wildman–Crippen LogP) is 17.8. The highest BCUT2D eigenvalue weighted by molar-refractivity contribution is 6.24. The molecule has 0 saturated heterocycles. The molecular formula is C66H40O2. The van der Waals surface area contributed by atoms with Gasteiger partial charge in [-0.25, -0.2) is 0 Å². The lowest BCUT2D eigenvalue weighted by atomic mass is 9.70. The molecule has 0 radical (unpaired) electrons. The first-order valence-corrected chi connectivity index (χ1v) is 23.8. The number of benzene rings is 11. The molecule has 2 heteroatoms. The van der Waals surface area contributed by atoms with Crippen molar-refractivity contribution in [1.82, 2.24) is 0 Å². The van der Waals surface area contributed by atoms with Crippen molar-refractivity contribution < 1.29 is 8.83 Å². The molecule has 0 bridgehead atoms. The lowest BCUT2D eigenvalue weighted by Crippen LogP contribution is -2.25. The Morgan fingerprint density at radius 1 is 0.279 bits per heavy atom. The molecule has 0 saturated carbocycles. The zero-order valence-electron chi connectivity index (χ0n) is 37.4. The number of hydrogen-bond donors (Lipinski definition) is 0. The van der Waals surface area contributed by atoms with Crippen molar-refractivity contribution in [3.05, 3.63) is 240 Å². The van der Waals surface area contributed by atoms with Gasteiger partial charge in [-0.3, -0.25) is 0 Å². The van der Waals surface area contributed by atoms with Crippen LogP contribution in [0.3, 0.4) is 0 Å². The zero-order valence-corrected chi connectivity index (χ0v) is 37.4. The summed E-state index contributed by atoms with van der Waals surface area (Å²) in [5.74, 6) is 0. The monoisotopic (exact) mass is 864 g/mol. The zero-order chi connectivity index (χ0) is 44.6. The molecule has 2 heterocycles. The Balaban J connectivity index is 0.911. The minimum atomic E-state index is -0.409. The Hall–Kier alpha value is -8.46. The van der Waals surface area contributed by atoms with Crippen molar-refractivity contribution in [3.63, 3.8) is 0 Å². The minimum Gasteiger partial charge on any atom is -0.456 e. The summed E-state index contributed by atoms with van der Waals surface area (Å²) in [4.78, 5) is 0. The summed E-state index contributed by atoms with van der Waals surface area (Å²) in [6.07, 6.45) is 0. The van der Waals surface area contributed by atoms with Crippen LogP contribution >= 0.6 is 0 Å². The Bertz CT molecular complexity index is 4320. The van der Waals surface area contributed by atoms with Gasteiger partial charge < -0.3 is 8.83 Å². The van der Waals surface area contributed by atoms with Crippen LogP contribution in [0, 0.1) is 0 Å². The Morgan fingerprint density at radius 3 is 1.32 bits per heavy atom. The molecule has 0 amide bonds. The van der Waals surface area contributed by atoms with Crippen LogP contribution in [0.15, 0.2) is 215 Å². The second-order valence-electron chi connectivity index (χ2n) is 19.7.